The lowest BCUT2D eigenvalue weighted by atomic mass is 10.7. The molecule has 0 aliphatic carbocycles. The Bertz CT molecular complexity index is 124. The van der Waals surface area contributed by atoms with Crippen LogP contribution in [0.4, 0.5) is 0 Å². The molecule has 6 heteroatoms. The third-order valence-electron chi connectivity index (χ3n) is 0.889. The zero-order valence-corrected chi connectivity index (χ0v) is 6.27. The van der Waals surface area contributed by atoms with Gasteiger partial charge in [0.25, 0.3) is 0 Å². The number of hydrogen-bond acceptors (Lipinski definition) is 4. The van der Waals surface area contributed by atoms with E-state index in [1.54, 1.807) is 0 Å². The van der Waals surface area contributed by atoms with E-state index in [-0.39, 0.29) is 6.73 Å². The van der Waals surface area contributed by atoms with Gasteiger partial charge in [0.05, 0.1) is 26.6 Å². The molecule has 0 radical (unpaired) electrons. The van der Waals surface area contributed by atoms with E-state index < -0.39 is 0 Å². The van der Waals surface area contributed by atoms with Gasteiger partial charge in [-0.3, -0.25) is 0 Å². The van der Waals surface area contributed by atoms with Crippen LogP contribution in [-0.4, -0.2) is 33.1 Å². The molecule has 0 heterocycles. The van der Waals surface area contributed by atoms with Crippen LogP contribution in [0.5, 0.6) is 0 Å². The molecule has 0 aliphatic heterocycles. The van der Waals surface area contributed by atoms with E-state index in [1.165, 1.54) is 0 Å². The highest BCUT2D eigenvalue weighted by Gasteiger charge is 1.85. The fourth-order valence-corrected chi connectivity index (χ4v) is 0.453. The first-order valence-electron chi connectivity index (χ1n) is 3.28. The predicted molar refractivity (Wildman–Crippen MR) is 39.8 cm³/mol. The highest BCUT2D eigenvalue weighted by Crippen LogP contribution is 1.78. The van der Waals surface area contributed by atoms with E-state index in [4.69, 9.17) is 20.7 Å². The van der Waals surface area contributed by atoms with Gasteiger partial charge in [-0.2, -0.15) is 0 Å². The summed E-state index contributed by atoms with van der Waals surface area (Å²) in [5.74, 6) is 0. The average molecular weight is 160 g/mol. The van der Waals surface area contributed by atoms with Gasteiger partial charge in [0, 0.05) is 11.5 Å². The molecule has 0 rings (SSSR count). The molecule has 0 unspecified atom stereocenters. The Labute approximate surface area is 64.9 Å². The van der Waals surface area contributed by atoms with Crippen molar-refractivity contribution < 1.29 is 9.47 Å². The molecule has 0 aromatic rings. The van der Waals surface area contributed by atoms with E-state index in [2.05, 4.69) is 10.0 Å². The summed E-state index contributed by atoms with van der Waals surface area (Å²) in [4.78, 5) is 2.56. The second-order valence-corrected chi connectivity index (χ2v) is 1.64. The van der Waals surface area contributed by atoms with Crippen molar-refractivity contribution in [2.45, 2.75) is 0 Å². The monoisotopic (exact) mass is 160 g/mol. The van der Waals surface area contributed by atoms with Crippen LogP contribution < -0.4 is 5.73 Å². The lowest BCUT2D eigenvalue weighted by Gasteiger charge is -2.00. The summed E-state index contributed by atoms with van der Waals surface area (Å²) in [5, 5.41) is 3.28. The topological polar surface area (TPSA) is 93.2 Å². The smallest absolute Gasteiger partial charge is 0.0941 e. The number of nitrogens with zero attached hydrogens (tertiary/aromatic N) is 3. The molecule has 0 aliphatic rings. The maximum absolute atomic E-state index is 7.87. The van der Waals surface area contributed by atoms with E-state index in [0.29, 0.717) is 26.4 Å². The quantitative estimate of drug-likeness (QED) is 0.190. The minimum absolute atomic E-state index is 0.208. The third kappa shape index (κ3) is 9.19. The van der Waals surface area contributed by atoms with Crippen molar-refractivity contribution in [1.29, 1.82) is 0 Å². The molecular weight excluding hydrogens is 148 g/mol. The molecule has 6 nitrogen and oxygen atoms in total. The van der Waals surface area contributed by atoms with Crippen molar-refractivity contribution >= 4 is 0 Å². The normalized spacial score (nSPS) is 9.18. The first-order valence-corrected chi connectivity index (χ1v) is 3.28. The zero-order valence-electron chi connectivity index (χ0n) is 6.27. The van der Waals surface area contributed by atoms with Crippen molar-refractivity contribution in [2.24, 2.45) is 10.8 Å². The molecule has 64 valence electrons. The third-order valence-corrected chi connectivity index (χ3v) is 0.889. The summed E-state index contributed by atoms with van der Waals surface area (Å²) in [6.45, 7) is 1.96. The summed E-state index contributed by atoms with van der Waals surface area (Å²) in [6, 6.07) is 0. The van der Waals surface area contributed by atoms with Crippen LogP contribution in [0.25, 0.3) is 10.4 Å². The van der Waals surface area contributed by atoms with Gasteiger partial charge < -0.3 is 15.2 Å². The van der Waals surface area contributed by atoms with E-state index in [9.17, 15) is 0 Å². The van der Waals surface area contributed by atoms with Crippen molar-refractivity contribution in [3.05, 3.63) is 10.4 Å². The Morgan fingerprint density at radius 2 is 2.00 bits per heavy atom. The van der Waals surface area contributed by atoms with Gasteiger partial charge in [-0.25, -0.2) is 0 Å². The number of nitrogens with two attached hydrogens (primary N) is 1. The van der Waals surface area contributed by atoms with Gasteiger partial charge in [0.2, 0.25) is 0 Å². The molecule has 0 aromatic carbocycles. The van der Waals surface area contributed by atoms with Gasteiger partial charge in [0.1, 0.15) is 0 Å². The van der Waals surface area contributed by atoms with Crippen LogP contribution in [0.2, 0.25) is 0 Å². The molecule has 0 spiro atoms. The summed E-state index contributed by atoms with van der Waals surface area (Å²) >= 11 is 0. The van der Waals surface area contributed by atoms with E-state index >= 15 is 0 Å². The summed E-state index contributed by atoms with van der Waals surface area (Å²) < 4.78 is 9.78. The highest BCUT2D eigenvalue weighted by atomic mass is 16.5. The fraction of sp³-hybridized carbons (Fsp3) is 1.00. The molecule has 0 atom stereocenters. The van der Waals surface area contributed by atoms with E-state index in [1.807, 2.05) is 0 Å². The van der Waals surface area contributed by atoms with Crippen molar-refractivity contribution in [2.75, 3.05) is 33.1 Å². The lowest BCUT2D eigenvalue weighted by molar-refractivity contribution is 0.0534. The fourth-order valence-electron chi connectivity index (χ4n) is 0.453. The van der Waals surface area contributed by atoms with Gasteiger partial charge in [0.15, 0.2) is 0 Å². The van der Waals surface area contributed by atoms with E-state index in [0.717, 1.165) is 0 Å². The minimum atomic E-state index is 0.208. The van der Waals surface area contributed by atoms with Gasteiger partial charge in [-0.15, -0.1) is 0 Å². The Balaban J connectivity index is 2.84. The highest BCUT2D eigenvalue weighted by molar-refractivity contribution is 4.43. The van der Waals surface area contributed by atoms with Crippen molar-refractivity contribution in [3.8, 4) is 0 Å². The van der Waals surface area contributed by atoms with Crippen molar-refractivity contribution in [1.82, 2.24) is 0 Å². The van der Waals surface area contributed by atoms with Crippen LogP contribution in [-0.2, 0) is 9.47 Å². The molecular formula is C5H12N4O2. The molecule has 0 saturated heterocycles. The average Bonchev–Trinajstić information content (AvgIpc) is 2.03. The molecule has 0 aromatic heterocycles. The molecule has 0 saturated carbocycles. The Hall–Kier alpha value is -0.810. The summed E-state index contributed by atoms with van der Waals surface area (Å²) in [6.07, 6.45) is 0. The van der Waals surface area contributed by atoms with Crippen LogP contribution in [0.15, 0.2) is 5.11 Å². The SMILES string of the molecule is [N-]=[N+]=NCCOCCOCN. The molecule has 2 N–H and O–H groups in total. The lowest BCUT2D eigenvalue weighted by Crippen LogP contribution is -2.11. The first kappa shape index (κ1) is 10.2. The Morgan fingerprint density at radius 3 is 2.64 bits per heavy atom. The molecule has 0 bridgehead atoms. The summed E-state index contributed by atoms with van der Waals surface area (Å²) in [5.41, 5.74) is 12.9. The molecule has 0 amide bonds. The number of hydrogen-bond donors (Lipinski definition) is 1. The second-order valence-electron chi connectivity index (χ2n) is 1.64. The zero-order chi connectivity index (χ0) is 8.36. The van der Waals surface area contributed by atoms with Gasteiger partial charge >= 0.3 is 0 Å². The number of ether oxygens (including phenoxy) is 2. The Kier molecular flexibility index (Phi) is 8.51. The summed E-state index contributed by atoms with van der Waals surface area (Å²) in [7, 11) is 0. The molecule has 0 fully saturated rings. The van der Waals surface area contributed by atoms with Gasteiger partial charge in [-0.1, -0.05) is 5.11 Å². The van der Waals surface area contributed by atoms with Crippen LogP contribution in [0.3, 0.4) is 0 Å². The van der Waals surface area contributed by atoms with Crippen molar-refractivity contribution in [3.63, 3.8) is 0 Å². The minimum Gasteiger partial charge on any atom is -0.379 e. The second kappa shape index (κ2) is 9.19. The number of azide groups is 1. The maximum Gasteiger partial charge on any atom is 0.0941 e. The van der Waals surface area contributed by atoms with Crippen LogP contribution in [0.1, 0.15) is 0 Å². The number of rotatable bonds is 7. The predicted octanol–water partition coefficient (Wildman–Crippen LogP) is 0.246. The van der Waals surface area contributed by atoms with Crippen LogP contribution in [0, 0.1) is 0 Å². The maximum atomic E-state index is 7.87. The standard InChI is InChI=1S/C5H12N4O2/c6-5-11-4-3-10-2-1-8-9-7/h1-6H2. The largest absolute Gasteiger partial charge is 0.379 e. The molecule has 11 heavy (non-hydrogen) atoms. The first-order chi connectivity index (χ1) is 5.41. The van der Waals surface area contributed by atoms with Gasteiger partial charge in [-0.05, 0) is 5.53 Å². The Morgan fingerprint density at radius 1 is 1.27 bits per heavy atom. The van der Waals surface area contributed by atoms with Crippen LogP contribution >= 0.6 is 0 Å².